The van der Waals surface area contributed by atoms with Gasteiger partial charge in [0, 0.05) is 19.4 Å². The van der Waals surface area contributed by atoms with Crippen molar-refractivity contribution in [3.8, 4) is 0 Å². The highest BCUT2D eigenvalue weighted by atomic mass is 16.6. The van der Waals surface area contributed by atoms with Crippen molar-refractivity contribution in [1.82, 2.24) is 0 Å². The predicted octanol–water partition coefficient (Wildman–Crippen LogP) is 5.59. The van der Waals surface area contributed by atoms with E-state index in [9.17, 15) is 9.59 Å². The SMILES string of the molecule is CCCCCCCCCCCCCOC(=O)CCCC(=O)OCCOCC. The molecule has 0 aliphatic rings. The number of hydrogen-bond donors (Lipinski definition) is 0. The van der Waals surface area contributed by atoms with Gasteiger partial charge in [0.15, 0.2) is 0 Å². The molecule has 0 bridgehead atoms. The minimum Gasteiger partial charge on any atom is -0.466 e. The van der Waals surface area contributed by atoms with Crippen LogP contribution in [0.15, 0.2) is 0 Å². The lowest BCUT2D eigenvalue weighted by Gasteiger charge is -2.06. The number of ether oxygens (including phenoxy) is 3. The third-order valence-corrected chi connectivity index (χ3v) is 4.47. The van der Waals surface area contributed by atoms with Crippen LogP contribution in [0.1, 0.15) is 104 Å². The molecule has 0 unspecified atom stereocenters. The summed E-state index contributed by atoms with van der Waals surface area (Å²) in [4.78, 5) is 23.0. The Morgan fingerprint density at radius 3 is 1.56 bits per heavy atom. The van der Waals surface area contributed by atoms with Crippen molar-refractivity contribution < 1.29 is 23.8 Å². The van der Waals surface area contributed by atoms with Gasteiger partial charge in [0.1, 0.15) is 6.61 Å². The molecule has 0 saturated carbocycles. The van der Waals surface area contributed by atoms with Crippen LogP contribution in [-0.4, -0.2) is 38.4 Å². The molecule has 0 aliphatic heterocycles. The second-order valence-electron chi connectivity index (χ2n) is 7.03. The van der Waals surface area contributed by atoms with E-state index in [-0.39, 0.29) is 31.4 Å². The molecular formula is C22H42O5. The molecule has 0 N–H and O–H groups in total. The standard InChI is InChI=1S/C22H42O5/c1-3-5-6-7-8-9-10-11-12-13-14-18-26-21(23)16-15-17-22(24)27-20-19-25-4-2/h3-20H2,1-2H3. The lowest BCUT2D eigenvalue weighted by atomic mass is 10.1. The smallest absolute Gasteiger partial charge is 0.305 e. The van der Waals surface area contributed by atoms with E-state index in [1.54, 1.807) is 0 Å². The summed E-state index contributed by atoms with van der Waals surface area (Å²) in [6, 6.07) is 0. The fraction of sp³-hybridized carbons (Fsp3) is 0.909. The van der Waals surface area contributed by atoms with Gasteiger partial charge in [-0.2, -0.15) is 0 Å². The molecule has 0 aromatic carbocycles. The van der Waals surface area contributed by atoms with E-state index in [1.807, 2.05) is 6.92 Å². The first-order valence-electron chi connectivity index (χ1n) is 11.1. The van der Waals surface area contributed by atoms with Crippen LogP contribution in [0.3, 0.4) is 0 Å². The molecule has 0 spiro atoms. The fourth-order valence-corrected chi connectivity index (χ4v) is 2.83. The zero-order valence-corrected chi connectivity index (χ0v) is 17.8. The largest absolute Gasteiger partial charge is 0.466 e. The molecule has 0 aliphatic carbocycles. The van der Waals surface area contributed by atoms with Gasteiger partial charge in [-0.05, 0) is 19.8 Å². The van der Waals surface area contributed by atoms with Gasteiger partial charge in [-0.3, -0.25) is 9.59 Å². The minimum absolute atomic E-state index is 0.218. The normalized spacial score (nSPS) is 10.7. The van der Waals surface area contributed by atoms with Crippen LogP contribution in [0, 0.1) is 0 Å². The molecule has 0 aromatic rings. The van der Waals surface area contributed by atoms with Gasteiger partial charge < -0.3 is 14.2 Å². The summed E-state index contributed by atoms with van der Waals surface area (Å²) in [7, 11) is 0. The summed E-state index contributed by atoms with van der Waals surface area (Å²) in [6.45, 7) is 5.94. The van der Waals surface area contributed by atoms with Gasteiger partial charge >= 0.3 is 11.9 Å². The van der Waals surface area contributed by atoms with Gasteiger partial charge in [-0.15, -0.1) is 0 Å². The maximum absolute atomic E-state index is 11.6. The molecule has 0 fully saturated rings. The molecule has 0 saturated heterocycles. The van der Waals surface area contributed by atoms with Crippen LogP contribution in [0.5, 0.6) is 0 Å². The molecule has 160 valence electrons. The molecular weight excluding hydrogens is 344 g/mol. The Morgan fingerprint density at radius 2 is 1.04 bits per heavy atom. The Hall–Kier alpha value is -1.10. The maximum atomic E-state index is 11.6. The van der Waals surface area contributed by atoms with Crippen molar-refractivity contribution in [3.63, 3.8) is 0 Å². The number of carbonyl (C=O) groups is 2. The summed E-state index contributed by atoms with van der Waals surface area (Å²) in [5.74, 6) is -0.503. The van der Waals surface area contributed by atoms with Crippen LogP contribution < -0.4 is 0 Å². The van der Waals surface area contributed by atoms with E-state index in [0.717, 1.165) is 12.8 Å². The average Bonchev–Trinajstić information content (AvgIpc) is 2.66. The van der Waals surface area contributed by atoms with Crippen molar-refractivity contribution in [1.29, 1.82) is 0 Å². The van der Waals surface area contributed by atoms with E-state index in [1.165, 1.54) is 57.8 Å². The van der Waals surface area contributed by atoms with Crippen LogP contribution in [-0.2, 0) is 23.8 Å². The Bertz CT molecular complexity index is 344. The van der Waals surface area contributed by atoms with Crippen LogP contribution in [0.4, 0.5) is 0 Å². The molecule has 0 atom stereocenters. The summed E-state index contributed by atoms with van der Waals surface area (Å²) < 4.78 is 15.3. The van der Waals surface area contributed by atoms with Crippen LogP contribution in [0.25, 0.3) is 0 Å². The Balaban J connectivity index is 3.26. The summed E-state index contributed by atoms with van der Waals surface area (Å²) >= 11 is 0. The predicted molar refractivity (Wildman–Crippen MR) is 109 cm³/mol. The highest BCUT2D eigenvalue weighted by Gasteiger charge is 2.07. The average molecular weight is 387 g/mol. The quantitative estimate of drug-likeness (QED) is 0.202. The fourth-order valence-electron chi connectivity index (χ4n) is 2.83. The first-order valence-corrected chi connectivity index (χ1v) is 11.1. The second kappa shape index (κ2) is 21.2. The zero-order chi connectivity index (χ0) is 20.0. The number of hydrogen-bond acceptors (Lipinski definition) is 5. The third-order valence-electron chi connectivity index (χ3n) is 4.47. The van der Waals surface area contributed by atoms with Crippen LogP contribution in [0.2, 0.25) is 0 Å². The second-order valence-corrected chi connectivity index (χ2v) is 7.03. The Morgan fingerprint density at radius 1 is 0.556 bits per heavy atom. The van der Waals surface area contributed by atoms with Crippen molar-refractivity contribution in [2.75, 3.05) is 26.4 Å². The Labute approximate surface area is 166 Å². The van der Waals surface area contributed by atoms with Crippen LogP contribution >= 0.6 is 0 Å². The van der Waals surface area contributed by atoms with E-state index in [0.29, 0.717) is 26.2 Å². The molecule has 0 radical (unpaired) electrons. The number of rotatable bonds is 20. The van der Waals surface area contributed by atoms with E-state index in [2.05, 4.69) is 6.92 Å². The van der Waals surface area contributed by atoms with Gasteiger partial charge in [-0.25, -0.2) is 0 Å². The summed E-state index contributed by atoms with van der Waals surface area (Å²) in [5, 5.41) is 0. The summed E-state index contributed by atoms with van der Waals surface area (Å²) in [6.07, 6.45) is 15.1. The van der Waals surface area contributed by atoms with Gasteiger partial charge in [0.05, 0.1) is 13.2 Å². The number of carbonyl (C=O) groups excluding carboxylic acids is 2. The topological polar surface area (TPSA) is 61.8 Å². The Kier molecular flexibility index (Phi) is 20.3. The zero-order valence-electron chi connectivity index (χ0n) is 17.8. The van der Waals surface area contributed by atoms with Crippen molar-refractivity contribution in [3.05, 3.63) is 0 Å². The van der Waals surface area contributed by atoms with Gasteiger partial charge in [0.25, 0.3) is 0 Å². The monoisotopic (exact) mass is 386 g/mol. The lowest BCUT2D eigenvalue weighted by Crippen LogP contribution is -2.11. The molecule has 0 heterocycles. The van der Waals surface area contributed by atoms with E-state index in [4.69, 9.17) is 14.2 Å². The lowest BCUT2D eigenvalue weighted by molar-refractivity contribution is -0.146. The molecule has 5 nitrogen and oxygen atoms in total. The molecule has 5 heteroatoms. The van der Waals surface area contributed by atoms with Crippen molar-refractivity contribution in [2.45, 2.75) is 104 Å². The van der Waals surface area contributed by atoms with Crippen molar-refractivity contribution in [2.24, 2.45) is 0 Å². The maximum Gasteiger partial charge on any atom is 0.305 e. The first kappa shape index (κ1) is 25.9. The van der Waals surface area contributed by atoms with E-state index < -0.39 is 0 Å². The summed E-state index contributed by atoms with van der Waals surface area (Å²) in [5.41, 5.74) is 0. The third kappa shape index (κ3) is 21.1. The number of unbranched alkanes of at least 4 members (excludes halogenated alkanes) is 10. The molecule has 27 heavy (non-hydrogen) atoms. The van der Waals surface area contributed by atoms with Gasteiger partial charge in [0.2, 0.25) is 0 Å². The molecule has 0 amide bonds. The highest BCUT2D eigenvalue weighted by Crippen LogP contribution is 2.11. The molecule has 0 aromatic heterocycles. The first-order chi connectivity index (χ1) is 13.2. The molecule has 0 rings (SSSR count). The van der Waals surface area contributed by atoms with E-state index >= 15 is 0 Å². The van der Waals surface area contributed by atoms with Crippen molar-refractivity contribution >= 4 is 11.9 Å². The minimum atomic E-state index is -0.284. The number of esters is 2. The highest BCUT2D eigenvalue weighted by molar-refractivity contribution is 5.72. The van der Waals surface area contributed by atoms with Gasteiger partial charge in [-0.1, -0.05) is 71.1 Å².